The van der Waals surface area contributed by atoms with Gasteiger partial charge in [-0.25, -0.2) is 9.97 Å². The smallest absolute Gasteiger partial charge is 0.164 e. The number of pyridine rings is 1. The number of anilines is 1. The molecule has 1 fully saturated rings. The van der Waals surface area contributed by atoms with E-state index in [1.807, 2.05) is 30.5 Å². The Morgan fingerprint density at radius 2 is 1.88 bits per heavy atom. The summed E-state index contributed by atoms with van der Waals surface area (Å²) < 4.78 is 7.79. The molecular formula is C24H25N5O3S. The molecule has 0 radical (unpaired) electrons. The number of hydrogen-bond acceptors (Lipinski definition) is 8. The number of nitrogens with zero attached hydrogens (tertiary/aromatic N) is 4. The summed E-state index contributed by atoms with van der Waals surface area (Å²) in [5.74, 6) is 1.60. The molecule has 0 saturated carbocycles. The Balaban J connectivity index is 1.30. The Bertz CT molecular complexity index is 1270. The van der Waals surface area contributed by atoms with E-state index in [0.29, 0.717) is 28.4 Å². The van der Waals surface area contributed by atoms with E-state index in [4.69, 9.17) is 10.5 Å². The quantitative estimate of drug-likeness (QED) is 0.399. The van der Waals surface area contributed by atoms with E-state index in [-0.39, 0.29) is 0 Å². The molecule has 0 unspecified atom stereocenters. The van der Waals surface area contributed by atoms with Gasteiger partial charge in [0.25, 0.3) is 0 Å². The Morgan fingerprint density at radius 3 is 2.70 bits per heavy atom. The van der Waals surface area contributed by atoms with Crippen LogP contribution in [0.25, 0.3) is 22.3 Å². The number of aryl methyl sites for hydroxylation is 1. The predicted octanol–water partition coefficient (Wildman–Crippen LogP) is 2.94. The van der Waals surface area contributed by atoms with Crippen LogP contribution in [0.5, 0.6) is 0 Å². The fourth-order valence-corrected chi connectivity index (χ4v) is 5.38. The van der Waals surface area contributed by atoms with Gasteiger partial charge in [0, 0.05) is 29.5 Å². The van der Waals surface area contributed by atoms with E-state index < -0.39 is 24.5 Å². The van der Waals surface area contributed by atoms with Gasteiger partial charge in [0.15, 0.2) is 6.23 Å². The first kappa shape index (κ1) is 21.8. The maximum absolute atomic E-state index is 10.7. The minimum Gasteiger partial charge on any atom is -0.387 e. The lowest BCUT2D eigenvalue weighted by atomic mass is 10.0. The summed E-state index contributed by atoms with van der Waals surface area (Å²) in [6.07, 6.45) is 1.58. The highest BCUT2D eigenvalue weighted by Gasteiger charge is 2.44. The average molecular weight is 464 g/mol. The summed E-state index contributed by atoms with van der Waals surface area (Å²) in [5.41, 5.74) is 10.8. The van der Waals surface area contributed by atoms with Crippen LogP contribution >= 0.6 is 11.8 Å². The number of hydrogen-bond donors (Lipinski definition) is 3. The number of aliphatic hydroxyl groups excluding tert-OH is 2. The van der Waals surface area contributed by atoms with Crippen molar-refractivity contribution in [2.45, 2.75) is 37.2 Å². The molecule has 4 atom stereocenters. The van der Waals surface area contributed by atoms with Crippen LogP contribution in [0, 0.1) is 6.92 Å². The average Bonchev–Trinajstić information content (AvgIpc) is 3.38. The third-order valence-electron chi connectivity index (χ3n) is 6.02. The molecule has 1 aliphatic heterocycles. The van der Waals surface area contributed by atoms with Gasteiger partial charge in [-0.05, 0) is 30.2 Å². The highest BCUT2D eigenvalue weighted by atomic mass is 32.2. The Labute approximate surface area is 195 Å². The third-order valence-corrected chi connectivity index (χ3v) is 7.07. The van der Waals surface area contributed by atoms with Crippen molar-refractivity contribution in [3.63, 3.8) is 0 Å². The Hall–Kier alpha value is -2.98. The molecule has 9 heteroatoms. The number of rotatable bonds is 6. The summed E-state index contributed by atoms with van der Waals surface area (Å²) in [6.45, 7) is 2.08. The summed E-state index contributed by atoms with van der Waals surface area (Å²) in [5, 5.41) is 22.0. The van der Waals surface area contributed by atoms with Crippen molar-refractivity contribution in [2.24, 2.45) is 0 Å². The van der Waals surface area contributed by atoms with Gasteiger partial charge < -0.3 is 25.3 Å². The summed E-state index contributed by atoms with van der Waals surface area (Å²) in [7, 11) is 0. The molecular weight excluding hydrogens is 438 g/mol. The first-order chi connectivity index (χ1) is 16.0. The van der Waals surface area contributed by atoms with Gasteiger partial charge in [-0.3, -0.25) is 4.98 Å². The molecule has 5 rings (SSSR count). The summed E-state index contributed by atoms with van der Waals surface area (Å²) >= 11 is 1.65. The number of nitrogens with two attached hydrogens (primary N) is 1. The van der Waals surface area contributed by atoms with E-state index in [2.05, 4.69) is 34.0 Å². The molecule has 1 saturated heterocycles. The molecule has 33 heavy (non-hydrogen) atoms. The zero-order valence-corrected chi connectivity index (χ0v) is 18.9. The molecule has 4 N–H and O–H groups in total. The molecule has 0 amide bonds. The third kappa shape index (κ3) is 4.08. The summed E-state index contributed by atoms with van der Waals surface area (Å²) in [4.78, 5) is 12.9. The van der Waals surface area contributed by atoms with Crippen LogP contribution in [0.15, 0.2) is 61.2 Å². The molecule has 1 aliphatic rings. The van der Waals surface area contributed by atoms with Crippen molar-refractivity contribution in [3.05, 3.63) is 72.3 Å². The van der Waals surface area contributed by atoms with Crippen molar-refractivity contribution in [3.8, 4) is 11.3 Å². The maximum Gasteiger partial charge on any atom is 0.164 e. The molecule has 4 aromatic rings. The maximum atomic E-state index is 10.7. The lowest BCUT2D eigenvalue weighted by Gasteiger charge is -2.17. The molecule has 0 bridgehead atoms. The van der Waals surface area contributed by atoms with Gasteiger partial charge in [-0.2, -0.15) is 11.8 Å². The Morgan fingerprint density at radius 1 is 1.06 bits per heavy atom. The largest absolute Gasteiger partial charge is 0.387 e. The van der Waals surface area contributed by atoms with Crippen molar-refractivity contribution in [1.82, 2.24) is 19.5 Å². The molecule has 8 nitrogen and oxygen atoms in total. The highest BCUT2D eigenvalue weighted by molar-refractivity contribution is 7.98. The molecule has 170 valence electrons. The number of thioether (sulfide) groups is 1. The van der Waals surface area contributed by atoms with Crippen molar-refractivity contribution in [2.75, 3.05) is 11.5 Å². The number of fused-ring (bicyclic) bond motifs is 1. The van der Waals surface area contributed by atoms with Gasteiger partial charge in [0.05, 0.1) is 17.2 Å². The van der Waals surface area contributed by atoms with Crippen LogP contribution in [0.4, 0.5) is 5.82 Å². The van der Waals surface area contributed by atoms with E-state index in [1.165, 1.54) is 11.9 Å². The van der Waals surface area contributed by atoms with Gasteiger partial charge in [-0.1, -0.05) is 30.3 Å². The molecule has 4 heterocycles. The standard InChI is InChI=1S/C24H25N5O3S/c1-14-7-9-26-19(15-5-3-2-4-6-15)17(14)11-33-12-18-20(30)21(31)24(32-18)29-10-8-16-22(25)27-13-28-23(16)29/h2-10,13,18,20-21,24,30-31H,11-12H2,1H3,(H2,25,27,28)/t18-,20-,21-,24-/m1/s1. The van der Waals surface area contributed by atoms with Crippen LogP contribution < -0.4 is 5.73 Å². The fraction of sp³-hybridized carbons (Fsp3) is 0.292. The Kier molecular flexibility index (Phi) is 6.03. The SMILES string of the molecule is Cc1ccnc(-c2ccccc2)c1CSC[C@H]1O[C@@H](n2ccc3c(N)ncnc32)[C@H](O)[C@@H]1O. The van der Waals surface area contributed by atoms with E-state index in [9.17, 15) is 10.2 Å². The lowest BCUT2D eigenvalue weighted by molar-refractivity contribution is -0.0285. The zero-order valence-electron chi connectivity index (χ0n) is 18.1. The predicted molar refractivity (Wildman–Crippen MR) is 128 cm³/mol. The normalized spacial score (nSPS) is 22.8. The monoisotopic (exact) mass is 463 g/mol. The second kappa shape index (κ2) is 9.11. The molecule has 1 aromatic carbocycles. The van der Waals surface area contributed by atoms with Gasteiger partial charge in [0.1, 0.15) is 30.0 Å². The van der Waals surface area contributed by atoms with E-state index in [0.717, 1.165) is 16.8 Å². The van der Waals surface area contributed by atoms with Crippen LogP contribution in [0.2, 0.25) is 0 Å². The van der Waals surface area contributed by atoms with Crippen molar-refractivity contribution < 1.29 is 14.9 Å². The van der Waals surface area contributed by atoms with Gasteiger partial charge in [-0.15, -0.1) is 0 Å². The van der Waals surface area contributed by atoms with Crippen LogP contribution in [0.1, 0.15) is 17.4 Å². The van der Waals surface area contributed by atoms with Crippen LogP contribution in [-0.2, 0) is 10.5 Å². The van der Waals surface area contributed by atoms with Crippen LogP contribution in [-0.4, -0.2) is 53.8 Å². The molecule has 0 spiro atoms. The topological polar surface area (TPSA) is 119 Å². The second-order valence-corrected chi connectivity index (χ2v) is 9.13. The first-order valence-corrected chi connectivity index (χ1v) is 11.9. The van der Waals surface area contributed by atoms with E-state index in [1.54, 1.807) is 28.6 Å². The first-order valence-electron chi connectivity index (χ1n) is 10.7. The van der Waals surface area contributed by atoms with Crippen molar-refractivity contribution in [1.29, 1.82) is 0 Å². The number of ether oxygens (including phenoxy) is 1. The lowest BCUT2D eigenvalue weighted by Crippen LogP contribution is -2.32. The number of aliphatic hydroxyl groups is 2. The van der Waals surface area contributed by atoms with Gasteiger partial charge in [0.2, 0.25) is 0 Å². The van der Waals surface area contributed by atoms with Crippen LogP contribution in [0.3, 0.4) is 0 Å². The molecule has 0 aliphatic carbocycles. The highest BCUT2D eigenvalue weighted by Crippen LogP contribution is 2.35. The number of nitrogen functional groups attached to an aromatic ring is 1. The minimum atomic E-state index is -1.08. The zero-order chi connectivity index (χ0) is 22.9. The van der Waals surface area contributed by atoms with Crippen molar-refractivity contribution >= 4 is 28.6 Å². The fourth-order valence-electron chi connectivity index (χ4n) is 4.19. The number of aromatic nitrogens is 4. The molecule has 3 aromatic heterocycles. The van der Waals surface area contributed by atoms with E-state index >= 15 is 0 Å². The number of benzene rings is 1. The second-order valence-electron chi connectivity index (χ2n) is 8.10. The summed E-state index contributed by atoms with van der Waals surface area (Å²) in [6, 6.07) is 13.9. The van der Waals surface area contributed by atoms with Gasteiger partial charge >= 0.3 is 0 Å². The minimum absolute atomic E-state index is 0.361.